The van der Waals surface area contributed by atoms with E-state index in [2.05, 4.69) is 51.7 Å². The third-order valence-corrected chi connectivity index (χ3v) is 3.97. The van der Waals surface area contributed by atoms with Crippen LogP contribution in [0.1, 0.15) is 37.1 Å². The summed E-state index contributed by atoms with van der Waals surface area (Å²) in [4.78, 5) is 2.50. The SMILES string of the molecule is CCN1CCCC(c2nnc3c(C)cccn23)C1. The first-order chi connectivity index (χ1) is 8.79. The average molecular weight is 244 g/mol. The van der Waals surface area contributed by atoms with E-state index in [4.69, 9.17) is 0 Å². The average Bonchev–Trinajstić information content (AvgIpc) is 2.84. The minimum absolute atomic E-state index is 0.524. The lowest BCUT2D eigenvalue weighted by molar-refractivity contribution is 0.213. The van der Waals surface area contributed by atoms with Crippen molar-refractivity contribution in [2.75, 3.05) is 19.6 Å². The van der Waals surface area contributed by atoms with E-state index in [9.17, 15) is 0 Å². The zero-order chi connectivity index (χ0) is 12.5. The van der Waals surface area contributed by atoms with E-state index in [1.807, 2.05) is 0 Å². The Kier molecular flexibility index (Phi) is 3.04. The van der Waals surface area contributed by atoms with Crippen LogP contribution in [0, 0.1) is 6.92 Å². The number of hydrogen-bond donors (Lipinski definition) is 0. The van der Waals surface area contributed by atoms with Crippen LogP contribution in [0.15, 0.2) is 18.3 Å². The number of hydrogen-bond acceptors (Lipinski definition) is 3. The number of likely N-dealkylation sites (N-methyl/N-ethyl adjacent to an activating group) is 1. The van der Waals surface area contributed by atoms with Crippen molar-refractivity contribution in [3.63, 3.8) is 0 Å². The molecule has 0 bridgehead atoms. The highest BCUT2D eigenvalue weighted by Crippen LogP contribution is 2.26. The van der Waals surface area contributed by atoms with Gasteiger partial charge in [-0.25, -0.2) is 0 Å². The second-order valence-corrected chi connectivity index (χ2v) is 5.18. The Morgan fingerprint density at radius 1 is 1.39 bits per heavy atom. The van der Waals surface area contributed by atoms with Gasteiger partial charge in [0.1, 0.15) is 5.82 Å². The Labute approximate surface area is 108 Å². The van der Waals surface area contributed by atoms with Crippen LogP contribution in [-0.2, 0) is 0 Å². The summed E-state index contributed by atoms with van der Waals surface area (Å²) in [6, 6.07) is 4.17. The van der Waals surface area contributed by atoms with E-state index in [1.54, 1.807) is 0 Å². The number of nitrogens with zero attached hydrogens (tertiary/aromatic N) is 4. The summed E-state index contributed by atoms with van der Waals surface area (Å²) >= 11 is 0. The normalized spacial score (nSPS) is 21.6. The molecule has 1 aliphatic heterocycles. The van der Waals surface area contributed by atoms with Gasteiger partial charge in [-0.1, -0.05) is 13.0 Å². The van der Waals surface area contributed by atoms with E-state index in [1.165, 1.54) is 24.9 Å². The van der Waals surface area contributed by atoms with Gasteiger partial charge in [-0.15, -0.1) is 10.2 Å². The molecular formula is C14H20N4. The standard InChI is InChI=1S/C14H20N4/c1-3-17-8-5-7-12(10-17)14-16-15-13-11(2)6-4-9-18(13)14/h4,6,9,12H,3,5,7-8,10H2,1-2H3. The van der Waals surface area contributed by atoms with Crippen LogP contribution >= 0.6 is 0 Å². The van der Waals surface area contributed by atoms with Crippen LogP contribution in [-0.4, -0.2) is 39.1 Å². The van der Waals surface area contributed by atoms with E-state index in [0.29, 0.717) is 5.92 Å². The summed E-state index contributed by atoms with van der Waals surface area (Å²) < 4.78 is 2.17. The van der Waals surface area contributed by atoms with Gasteiger partial charge in [-0.2, -0.15) is 0 Å². The summed E-state index contributed by atoms with van der Waals surface area (Å²) in [5.41, 5.74) is 2.19. The summed E-state index contributed by atoms with van der Waals surface area (Å²) in [5, 5.41) is 8.77. The largest absolute Gasteiger partial charge is 0.303 e. The molecule has 2 aromatic rings. The van der Waals surface area contributed by atoms with E-state index in [-0.39, 0.29) is 0 Å². The predicted molar refractivity (Wildman–Crippen MR) is 71.8 cm³/mol. The van der Waals surface area contributed by atoms with Gasteiger partial charge in [0, 0.05) is 18.7 Å². The fraction of sp³-hybridized carbons (Fsp3) is 0.571. The molecule has 18 heavy (non-hydrogen) atoms. The molecule has 0 N–H and O–H groups in total. The van der Waals surface area contributed by atoms with Crippen molar-refractivity contribution in [1.29, 1.82) is 0 Å². The molecule has 0 saturated carbocycles. The summed E-state index contributed by atoms with van der Waals surface area (Å²) in [6.45, 7) is 7.79. The first-order valence-electron chi connectivity index (χ1n) is 6.82. The molecule has 1 aliphatic rings. The van der Waals surface area contributed by atoms with Gasteiger partial charge in [0.05, 0.1) is 0 Å². The highest BCUT2D eigenvalue weighted by molar-refractivity contribution is 5.46. The van der Waals surface area contributed by atoms with E-state index < -0.39 is 0 Å². The number of fused-ring (bicyclic) bond motifs is 1. The van der Waals surface area contributed by atoms with Crippen molar-refractivity contribution in [3.8, 4) is 0 Å². The molecular weight excluding hydrogens is 224 g/mol. The zero-order valence-corrected chi connectivity index (χ0v) is 11.1. The van der Waals surface area contributed by atoms with Crippen molar-refractivity contribution in [3.05, 3.63) is 29.7 Å². The Morgan fingerprint density at radius 3 is 3.11 bits per heavy atom. The third kappa shape index (κ3) is 1.90. The molecule has 0 radical (unpaired) electrons. The summed E-state index contributed by atoms with van der Waals surface area (Å²) in [6.07, 6.45) is 4.58. The highest BCUT2D eigenvalue weighted by Gasteiger charge is 2.24. The van der Waals surface area contributed by atoms with Gasteiger partial charge < -0.3 is 4.90 Å². The van der Waals surface area contributed by atoms with Crippen molar-refractivity contribution >= 4 is 5.65 Å². The minimum Gasteiger partial charge on any atom is -0.303 e. The van der Waals surface area contributed by atoms with Crippen molar-refractivity contribution < 1.29 is 0 Å². The Hall–Kier alpha value is -1.42. The van der Waals surface area contributed by atoms with Crippen LogP contribution in [0.25, 0.3) is 5.65 Å². The molecule has 4 heteroatoms. The highest BCUT2D eigenvalue weighted by atomic mass is 15.3. The molecule has 0 spiro atoms. The molecule has 1 saturated heterocycles. The van der Waals surface area contributed by atoms with Gasteiger partial charge in [-0.3, -0.25) is 4.40 Å². The molecule has 0 aromatic carbocycles. The molecule has 3 heterocycles. The smallest absolute Gasteiger partial charge is 0.163 e. The second-order valence-electron chi connectivity index (χ2n) is 5.18. The van der Waals surface area contributed by atoms with Gasteiger partial charge in [0.15, 0.2) is 5.65 Å². The molecule has 0 amide bonds. The maximum atomic E-state index is 4.43. The molecule has 2 aromatic heterocycles. The number of likely N-dealkylation sites (tertiary alicyclic amines) is 1. The lowest BCUT2D eigenvalue weighted by Gasteiger charge is -2.30. The minimum atomic E-state index is 0.524. The quantitative estimate of drug-likeness (QED) is 0.812. The van der Waals surface area contributed by atoms with Gasteiger partial charge in [0.2, 0.25) is 0 Å². The first-order valence-corrected chi connectivity index (χ1v) is 6.82. The molecule has 0 aliphatic carbocycles. The van der Waals surface area contributed by atoms with Gasteiger partial charge >= 0.3 is 0 Å². The van der Waals surface area contributed by atoms with Crippen LogP contribution in [0.5, 0.6) is 0 Å². The molecule has 1 atom stereocenters. The number of piperidine rings is 1. The fourth-order valence-electron chi connectivity index (χ4n) is 2.90. The Morgan fingerprint density at radius 2 is 2.28 bits per heavy atom. The number of aryl methyl sites for hydroxylation is 1. The number of rotatable bonds is 2. The van der Waals surface area contributed by atoms with Crippen molar-refractivity contribution in [2.45, 2.75) is 32.6 Å². The monoisotopic (exact) mass is 244 g/mol. The van der Waals surface area contributed by atoms with E-state index >= 15 is 0 Å². The zero-order valence-electron chi connectivity index (χ0n) is 11.1. The Bertz CT molecular complexity index is 546. The predicted octanol–water partition coefficient (Wildman–Crippen LogP) is 2.24. The van der Waals surface area contributed by atoms with Crippen LogP contribution in [0.3, 0.4) is 0 Å². The first kappa shape index (κ1) is 11.7. The van der Waals surface area contributed by atoms with Gasteiger partial charge in [0.25, 0.3) is 0 Å². The number of pyridine rings is 1. The topological polar surface area (TPSA) is 33.4 Å². The number of aromatic nitrogens is 3. The van der Waals surface area contributed by atoms with Gasteiger partial charge in [-0.05, 0) is 44.5 Å². The Balaban J connectivity index is 1.96. The molecule has 1 unspecified atom stereocenters. The lowest BCUT2D eigenvalue weighted by Crippen LogP contribution is -2.34. The molecule has 1 fully saturated rings. The van der Waals surface area contributed by atoms with Crippen molar-refractivity contribution in [2.24, 2.45) is 0 Å². The summed E-state index contributed by atoms with van der Waals surface area (Å²) in [7, 11) is 0. The molecule has 4 nitrogen and oxygen atoms in total. The lowest BCUT2D eigenvalue weighted by atomic mass is 9.97. The third-order valence-electron chi connectivity index (χ3n) is 3.97. The van der Waals surface area contributed by atoms with E-state index in [0.717, 1.165) is 24.6 Å². The maximum Gasteiger partial charge on any atom is 0.163 e. The fourth-order valence-corrected chi connectivity index (χ4v) is 2.90. The van der Waals surface area contributed by atoms with Crippen LogP contribution in [0.2, 0.25) is 0 Å². The van der Waals surface area contributed by atoms with Crippen LogP contribution in [0.4, 0.5) is 0 Å². The molecule has 3 rings (SSSR count). The van der Waals surface area contributed by atoms with Crippen LogP contribution < -0.4 is 0 Å². The summed E-state index contributed by atoms with van der Waals surface area (Å²) in [5.74, 6) is 1.65. The second kappa shape index (κ2) is 4.69. The maximum absolute atomic E-state index is 4.43. The van der Waals surface area contributed by atoms with Crippen molar-refractivity contribution in [1.82, 2.24) is 19.5 Å². The molecule has 96 valence electrons.